The van der Waals surface area contributed by atoms with Crippen molar-refractivity contribution in [3.05, 3.63) is 12.2 Å². The minimum Gasteiger partial charge on any atom is -0.387 e. The number of aliphatic hydroxyl groups is 1. The largest absolute Gasteiger partial charge is 0.387 e. The zero-order valence-electron chi connectivity index (χ0n) is 21.4. The summed E-state index contributed by atoms with van der Waals surface area (Å²) in [6.07, 6.45) is 6.14. The average molecular weight is 507 g/mol. The minimum atomic E-state index is -0.772. The third-order valence-corrected chi connectivity index (χ3v) is 9.16. The first-order valence-corrected chi connectivity index (χ1v) is 14.2. The van der Waals surface area contributed by atoms with Gasteiger partial charge in [0, 0.05) is 32.5 Å². The number of hydrogen-bond donors (Lipinski definition) is 1. The van der Waals surface area contributed by atoms with Gasteiger partial charge in [-0.25, -0.2) is 0 Å². The van der Waals surface area contributed by atoms with E-state index in [9.17, 15) is 9.90 Å². The molecule has 36 heavy (non-hydrogen) atoms. The maximum absolute atomic E-state index is 12.6. The van der Waals surface area contributed by atoms with Gasteiger partial charge < -0.3 is 33.5 Å². The Balaban J connectivity index is 0.986. The average Bonchev–Trinajstić information content (AvgIpc) is 3.63. The van der Waals surface area contributed by atoms with Gasteiger partial charge in [-0.1, -0.05) is 13.5 Å². The maximum Gasteiger partial charge on any atom is 0.135 e. The Bertz CT molecular complexity index is 811. The van der Waals surface area contributed by atoms with Crippen LogP contribution in [0.15, 0.2) is 12.2 Å². The summed E-state index contributed by atoms with van der Waals surface area (Å²) < 4.78 is 36.9. The molecule has 6 rings (SSSR count). The molecule has 6 fully saturated rings. The van der Waals surface area contributed by atoms with Gasteiger partial charge in [0.15, 0.2) is 0 Å². The molecular formula is C28H42O8. The van der Waals surface area contributed by atoms with Crippen LogP contribution in [0.4, 0.5) is 0 Å². The van der Waals surface area contributed by atoms with Crippen LogP contribution in [0.25, 0.3) is 0 Å². The predicted molar refractivity (Wildman–Crippen MR) is 130 cm³/mol. The fourth-order valence-electron chi connectivity index (χ4n) is 7.27. The number of ketones is 1. The maximum atomic E-state index is 12.6. The van der Waals surface area contributed by atoms with Crippen LogP contribution in [0.1, 0.15) is 71.1 Å². The first-order valence-electron chi connectivity index (χ1n) is 14.2. The molecule has 0 spiro atoms. The fourth-order valence-corrected chi connectivity index (χ4v) is 7.27. The molecule has 6 aliphatic heterocycles. The lowest BCUT2D eigenvalue weighted by Gasteiger charge is -2.46. The molecular weight excluding hydrogens is 464 g/mol. The Hall–Kier alpha value is -0.870. The van der Waals surface area contributed by atoms with Crippen molar-refractivity contribution >= 4 is 5.78 Å². The quantitative estimate of drug-likeness (QED) is 0.503. The van der Waals surface area contributed by atoms with Gasteiger partial charge in [0.25, 0.3) is 0 Å². The van der Waals surface area contributed by atoms with Crippen molar-refractivity contribution in [3.8, 4) is 0 Å². The summed E-state index contributed by atoms with van der Waals surface area (Å²) in [5, 5.41) is 11.2. The summed E-state index contributed by atoms with van der Waals surface area (Å²) in [7, 11) is 0. The van der Waals surface area contributed by atoms with Crippen LogP contribution in [0.2, 0.25) is 0 Å². The van der Waals surface area contributed by atoms with Gasteiger partial charge in [-0.3, -0.25) is 4.79 Å². The van der Waals surface area contributed by atoms with Crippen molar-refractivity contribution in [1.82, 2.24) is 0 Å². The van der Waals surface area contributed by atoms with E-state index in [4.69, 9.17) is 28.4 Å². The van der Waals surface area contributed by atoms with Gasteiger partial charge in [-0.15, -0.1) is 0 Å². The number of hydrogen-bond acceptors (Lipinski definition) is 8. The van der Waals surface area contributed by atoms with E-state index in [1.165, 1.54) is 5.57 Å². The molecule has 0 aromatic rings. The summed E-state index contributed by atoms with van der Waals surface area (Å²) in [5.41, 5.74) is 1.21. The van der Waals surface area contributed by atoms with Crippen LogP contribution in [0, 0.1) is 5.92 Å². The fraction of sp³-hybridized carbons (Fsp3) is 0.893. The number of carbonyl (C=O) groups excluding carboxylic acids is 1. The molecule has 6 saturated heterocycles. The monoisotopic (exact) mass is 506 g/mol. The normalized spacial score (nSPS) is 48.1. The molecule has 0 amide bonds. The van der Waals surface area contributed by atoms with Crippen molar-refractivity contribution in [2.45, 2.75) is 138 Å². The summed E-state index contributed by atoms with van der Waals surface area (Å²) in [5.74, 6) is 0.563. The van der Waals surface area contributed by atoms with Crippen molar-refractivity contribution in [2.75, 3.05) is 13.2 Å². The zero-order chi connectivity index (χ0) is 24.8. The van der Waals surface area contributed by atoms with Crippen LogP contribution in [0.5, 0.6) is 0 Å². The molecule has 8 nitrogen and oxygen atoms in total. The van der Waals surface area contributed by atoms with Gasteiger partial charge >= 0.3 is 0 Å². The molecule has 202 valence electrons. The molecule has 6 heterocycles. The molecule has 8 heteroatoms. The second kappa shape index (κ2) is 10.7. The first-order chi connectivity index (χ1) is 17.5. The molecule has 0 aliphatic carbocycles. The second-order valence-corrected chi connectivity index (χ2v) is 11.8. The standard InChI is InChI=1S/C28H42O8/c1-3-21-15(2)10-18(32-21)4-5-20-13-23-26(34-20)28-27(36-23)24(30)25-22(35-28)7-6-19(33-25)12-17(29)11-16-8-9-31-14-16/h16,18-28,30H,2-14H2,1H3/t16-,18-,19+,20+,21-,22-,23+,24-,25?,26?,27-,28?/m0/s1. The molecule has 0 bridgehead atoms. The molecule has 3 unspecified atom stereocenters. The van der Waals surface area contributed by atoms with E-state index in [1.807, 2.05) is 0 Å². The number of Topliss-reactive ketones (excluding diaryl/α,β-unsaturated/α-hetero) is 1. The van der Waals surface area contributed by atoms with E-state index in [-0.39, 0.29) is 54.6 Å². The van der Waals surface area contributed by atoms with E-state index in [0.29, 0.717) is 25.4 Å². The van der Waals surface area contributed by atoms with E-state index < -0.39 is 18.3 Å². The third-order valence-electron chi connectivity index (χ3n) is 9.16. The molecule has 0 radical (unpaired) electrons. The van der Waals surface area contributed by atoms with E-state index >= 15 is 0 Å². The smallest absolute Gasteiger partial charge is 0.135 e. The topological polar surface area (TPSA) is 92.7 Å². The lowest BCUT2D eigenvalue weighted by atomic mass is 9.87. The molecule has 12 atom stereocenters. The van der Waals surface area contributed by atoms with E-state index in [1.54, 1.807) is 0 Å². The van der Waals surface area contributed by atoms with Crippen molar-refractivity contribution in [2.24, 2.45) is 5.92 Å². The summed E-state index contributed by atoms with van der Waals surface area (Å²) in [4.78, 5) is 12.6. The SMILES string of the molecule is C=C1C[C@H](CC[C@@H]2C[C@H]3O[C@@H]4C(O[C@H]5CC[C@H](CC(=O)C[C@@H]6CCOC6)OC5[C@@H]4O)C3O2)O[C@H]1CC. The zero-order valence-corrected chi connectivity index (χ0v) is 21.4. The minimum absolute atomic E-state index is 0.0614. The molecule has 0 saturated carbocycles. The van der Waals surface area contributed by atoms with Gasteiger partial charge in [0.05, 0.1) is 36.6 Å². The van der Waals surface area contributed by atoms with Gasteiger partial charge in [0.1, 0.15) is 36.3 Å². The van der Waals surface area contributed by atoms with Gasteiger partial charge in [0.2, 0.25) is 0 Å². The summed E-state index contributed by atoms with van der Waals surface area (Å²) in [6, 6.07) is 0. The van der Waals surface area contributed by atoms with Crippen LogP contribution in [-0.2, 0) is 33.2 Å². The highest BCUT2D eigenvalue weighted by molar-refractivity contribution is 5.79. The number of fused-ring (bicyclic) bond motifs is 4. The Labute approximate surface area is 214 Å². The lowest BCUT2D eigenvalue weighted by molar-refractivity contribution is -0.263. The van der Waals surface area contributed by atoms with Crippen molar-refractivity contribution in [3.63, 3.8) is 0 Å². The first kappa shape index (κ1) is 25.4. The molecule has 0 aromatic carbocycles. The van der Waals surface area contributed by atoms with E-state index in [0.717, 1.165) is 58.0 Å². The second-order valence-electron chi connectivity index (χ2n) is 11.8. The third kappa shape index (κ3) is 5.07. The summed E-state index contributed by atoms with van der Waals surface area (Å²) in [6.45, 7) is 7.74. The van der Waals surface area contributed by atoms with Crippen LogP contribution < -0.4 is 0 Å². The number of carbonyl (C=O) groups is 1. The molecule has 6 aliphatic rings. The highest BCUT2D eigenvalue weighted by Gasteiger charge is 2.60. The van der Waals surface area contributed by atoms with Crippen molar-refractivity contribution in [1.29, 1.82) is 0 Å². The number of aliphatic hydroxyl groups excluding tert-OH is 1. The lowest BCUT2D eigenvalue weighted by Crippen LogP contribution is -2.61. The molecule has 0 aromatic heterocycles. The molecule has 1 N–H and O–H groups in total. The Kier molecular flexibility index (Phi) is 7.56. The van der Waals surface area contributed by atoms with E-state index in [2.05, 4.69) is 13.5 Å². The number of ether oxygens (including phenoxy) is 6. The van der Waals surface area contributed by atoms with Crippen LogP contribution in [0.3, 0.4) is 0 Å². The highest BCUT2D eigenvalue weighted by atomic mass is 16.6. The van der Waals surface area contributed by atoms with Crippen LogP contribution >= 0.6 is 0 Å². The number of rotatable bonds is 8. The van der Waals surface area contributed by atoms with Gasteiger partial charge in [-0.2, -0.15) is 0 Å². The Morgan fingerprint density at radius 3 is 2.47 bits per heavy atom. The predicted octanol–water partition coefficient (Wildman–Crippen LogP) is 2.88. The highest BCUT2D eigenvalue weighted by Crippen LogP contribution is 2.45. The Morgan fingerprint density at radius 1 is 0.889 bits per heavy atom. The van der Waals surface area contributed by atoms with Crippen molar-refractivity contribution < 1.29 is 38.3 Å². The summed E-state index contributed by atoms with van der Waals surface area (Å²) >= 11 is 0. The van der Waals surface area contributed by atoms with Gasteiger partial charge in [-0.05, 0) is 56.4 Å². The Morgan fingerprint density at radius 2 is 1.69 bits per heavy atom. The van der Waals surface area contributed by atoms with Crippen LogP contribution in [-0.4, -0.2) is 91.2 Å².